The Bertz CT molecular complexity index is 466. The summed E-state index contributed by atoms with van der Waals surface area (Å²) in [5, 5.41) is 3.29. The Hall–Kier alpha value is -1.61. The lowest BCUT2D eigenvalue weighted by molar-refractivity contribution is 1.44. The third kappa shape index (κ3) is 2.49. The van der Waals surface area contributed by atoms with Crippen molar-refractivity contribution in [1.82, 2.24) is 0 Å². The van der Waals surface area contributed by atoms with Crippen LogP contribution >= 0.6 is 11.8 Å². The molecule has 0 fully saturated rings. The van der Waals surface area contributed by atoms with Gasteiger partial charge in [0.25, 0.3) is 0 Å². The van der Waals surface area contributed by atoms with Crippen LogP contribution in [0.5, 0.6) is 0 Å². The average Bonchev–Trinajstić information content (AvgIpc) is 2.33. The first-order valence-corrected chi connectivity index (χ1v) is 6.27. The van der Waals surface area contributed by atoms with E-state index < -0.39 is 0 Å². The topological polar surface area (TPSA) is 38.0 Å². The minimum absolute atomic E-state index is 0.761. The monoisotopic (exact) mass is 230 g/mol. The van der Waals surface area contributed by atoms with Crippen molar-refractivity contribution in [3.8, 4) is 0 Å². The van der Waals surface area contributed by atoms with Gasteiger partial charge in [0.05, 0.1) is 11.4 Å². The summed E-state index contributed by atoms with van der Waals surface area (Å²) >= 11 is 1.73. The number of hydrogen-bond acceptors (Lipinski definition) is 3. The van der Waals surface area contributed by atoms with Crippen molar-refractivity contribution in [2.75, 3.05) is 17.3 Å². The molecular weight excluding hydrogens is 216 g/mol. The summed E-state index contributed by atoms with van der Waals surface area (Å²) in [5.41, 5.74) is 8.61. The summed E-state index contributed by atoms with van der Waals surface area (Å²) < 4.78 is 0. The Morgan fingerprint density at radius 3 is 2.31 bits per heavy atom. The fourth-order valence-electron chi connectivity index (χ4n) is 1.44. The molecule has 0 saturated carbocycles. The number of rotatable bonds is 3. The van der Waals surface area contributed by atoms with Crippen molar-refractivity contribution >= 4 is 28.8 Å². The largest absolute Gasteiger partial charge is 0.397 e. The highest BCUT2D eigenvalue weighted by molar-refractivity contribution is 7.98. The molecule has 3 N–H and O–H groups in total. The third-order valence-corrected chi connectivity index (χ3v) is 3.07. The summed E-state index contributed by atoms with van der Waals surface area (Å²) in [7, 11) is 0. The minimum Gasteiger partial charge on any atom is -0.397 e. The molecule has 2 nitrogen and oxygen atoms in total. The van der Waals surface area contributed by atoms with E-state index in [0.29, 0.717) is 0 Å². The van der Waals surface area contributed by atoms with E-state index in [0.717, 1.165) is 17.1 Å². The first-order valence-electron chi connectivity index (χ1n) is 5.05. The molecule has 0 radical (unpaired) electrons. The molecule has 2 rings (SSSR count). The van der Waals surface area contributed by atoms with Crippen LogP contribution in [0.2, 0.25) is 0 Å². The molecule has 0 aliphatic carbocycles. The van der Waals surface area contributed by atoms with E-state index in [2.05, 4.69) is 35.8 Å². The van der Waals surface area contributed by atoms with Gasteiger partial charge in [0.2, 0.25) is 0 Å². The summed E-state index contributed by atoms with van der Waals surface area (Å²) in [6.45, 7) is 0. The molecule has 3 heteroatoms. The maximum absolute atomic E-state index is 5.86. The van der Waals surface area contributed by atoms with E-state index in [1.54, 1.807) is 11.8 Å². The first kappa shape index (κ1) is 10.9. The van der Waals surface area contributed by atoms with Gasteiger partial charge in [-0.25, -0.2) is 0 Å². The summed E-state index contributed by atoms with van der Waals surface area (Å²) in [5.74, 6) is 0. The minimum atomic E-state index is 0.761. The van der Waals surface area contributed by atoms with Gasteiger partial charge < -0.3 is 11.1 Å². The highest BCUT2D eigenvalue weighted by Gasteiger charge is 1.98. The number of nitrogen functional groups attached to an aromatic ring is 1. The van der Waals surface area contributed by atoms with Gasteiger partial charge >= 0.3 is 0 Å². The van der Waals surface area contributed by atoms with Crippen molar-refractivity contribution in [3.05, 3.63) is 48.5 Å². The third-order valence-electron chi connectivity index (χ3n) is 2.33. The predicted molar refractivity (Wildman–Crippen MR) is 72.4 cm³/mol. The Morgan fingerprint density at radius 1 is 1.00 bits per heavy atom. The Balaban J connectivity index is 2.18. The molecule has 0 aliphatic heterocycles. The van der Waals surface area contributed by atoms with Crippen LogP contribution in [-0.4, -0.2) is 6.26 Å². The number of hydrogen-bond donors (Lipinski definition) is 2. The average molecular weight is 230 g/mol. The van der Waals surface area contributed by atoms with Gasteiger partial charge in [-0.2, -0.15) is 0 Å². The fraction of sp³-hybridized carbons (Fsp3) is 0.0769. The SMILES string of the molecule is CSc1ccc(Nc2ccccc2N)cc1. The smallest absolute Gasteiger partial charge is 0.0617 e. The summed E-state index contributed by atoms with van der Waals surface area (Å²) in [4.78, 5) is 1.26. The molecule has 0 unspecified atom stereocenters. The molecule has 0 bridgehead atoms. The highest BCUT2D eigenvalue weighted by Crippen LogP contribution is 2.24. The van der Waals surface area contributed by atoms with Crippen LogP contribution in [0, 0.1) is 0 Å². The van der Waals surface area contributed by atoms with Gasteiger partial charge in [0, 0.05) is 10.6 Å². The normalized spacial score (nSPS) is 10.1. The Morgan fingerprint density at radius 2 is 1.69 bits per heavy atom. The molecule has 2 aromatic carbocycles. The second-order valence-electron chi connectivity index (χ2n) is 3.44. The fourth-order valence-corrected chi connectivity index (χ4v) is 1.85. The molecule has 0 atom stereocenters. The van der Waals surface area contributed by atoms with Crippen molar-refractivity contribution in [2.45, 2.75) is 4.90 Å². The van der Waals surface area contributed by atoms with E-state index in [9.17, 15) is 0 Å². The van der Waals surface area contributed by atoms with Crippen LogP contribution in [-0.2, 0) is 0 Å². The maximum Gasteiger partial charge on any atom is 0.0617 e. The Labute approximate surface area is 99.9 Å². The molecule has 0 aliphatic rings. The molecular formula is C13H14N2S. The predicted octanol–water partition coefficient (Wildman–Crippen LogP) is 3.73. The standard InChI is InChI=1S/C13H14N2S/c1-16-11-8-6-10(7-9-11)15-13-5-3-2-4-12(13)14/h2-9,15H,14H2,1H3. The van der Waals surface area contributed by atoms with Crippen LogP contribution in [0.15, 0.2) is 53.4 Å². The number of nitrogens with two attached hydrogens (primary N) is 1. The zero-order valence-electron chi connectivity index (χ0n) is 9.10. The molecule has 0 saturated heterocycles. The number of anilines is 3. The van der Waals surface area contributed by atoms with E-state index >= 15 is 0 Å². The highest BCUT2D eigenvalue weighted by atomic mass is 32.2. The lowest BCUT2D eigenvalue weighted by Gasteiger charge is -2.09. The van der Waals surface area contributed by atoms with E-state index in [4.69, 9.17) is 5.73 Å². The number of benzene rings is 2. The molecule has 0 heterocycles. The van der Waals surface area contributed by atoms with Gasteiger partial charge in [-0.1, -0.05) is 12.1 Å². The van der Waals surface area contributed by atoms with Crippen LogP contribution in [0.1, 0.15) is 0 Å². The van der Waals surface area contributed by atoms with Gasteiger partial charge in [-0.15, -0.1) is 11.8 Å². The number of para-hydroxylation sites is 2. The zero-order valence-corrected chi connectivity index (χ0v) is 9.92. The van der Waals surface area contributed by atoms with Gasteiger partial charge in [-0.05, 0) is 42.7 Å². The van der Waals surface area contributed by atoms with Crippen molar-refractivity contribution in [1.29, 1.82) is 0 Å². The summed E-state index contributed by atoms with van der Waals surface area (Å²) in [6.07, 6.45) is 2.07. The number of thioether (sulfide) groups is 1. The van der Waals surface area contributed by atoms with Gasteiger partial charge in [0.1, 0.15) is 0 Å². The molecule has 16 heavy (non-hydrogen) atoms. The molecule has 2 aromatic rings. The second kappa shape index (κ2) is 4.94. The number of nitrogens with one attached hydrogen (secondary N) is 1. The zero-order chi connectivity index (χ0) is 11.4. The van der Waals surface area contributed by atoms with Gasteiger partial charge in [0.15, 0.2) is 0 Å². The molecule has 0 aromatic heterocycles. The van der Waals surface area contributed by atoms with Gasteiger partial charge in [-0.3, -0.25) is 0 Å². The first-order chi connectivity index (χ1) is 7.79. The van der Waals surface area contributed by atoms with E-state index in [1.807, 2.05) is 24.3 Å². The van der Waals surface area contributed by atoms with Crippen LogP contribution in [0.3, 0.4) is 0 Å². The Kier molecular flexibility index (Phi) is 3.37. The van der Waals surface area contributed by atoms with Crippen LogP contribution in [0.4, 0.5) is 17.1 Å². The molecule has 82 valence electrons. The van der Waals surface area contributed by atoms with Crippen molar-refractivity contribution in [3.63, 3.8) is 0 Å². The van der Waals surface area contributed by atoms with Crippen LogP contribution in [0.25, 0.3) is 0 Å². The van der Waals surface area contributed by atoms with Crippen molar-refractivity contribution in [2.24, 2.45) is 0 Å². The lowest BCUT2D eigenvalue weighted by atomic mass is 10.2. The molecule has 0 spiro atoms. The van der Waals surface area contributed by atoms with E-state index in [-0.39, 0.29) is 0 Å². The lowest BCUT2D eigenvalue weighted by Crippen LogP contribution is -1.95. The summed E-state index contributed by atoms with van der Waals surface area (Å²) in [6, 6.07) is 16.0. The second-order valence-corrected chi connectivity index (χ2v) is 4.32. The quantitative estimate of drug-likeness (QED) is 0.623. The molecule has 0 amide bonds. The van der Waals surface area contributed by atoms with Crippen molar-refractivity contribution < 1.29 is 0 Å². The van der Waals surface area contributed by atoms with E-state index in [1.165, 1.54) is 4.90 Å². The maximum atomic E-state index is 5.86. The van der Waals surface area contributed by atoms with Crippen LogP contribution < -0.4 is 11.1 Å².